The van der Waals surface area contributed by atoms with E-state index in [1.807, 2.05) is 30.3 Å². The van der Waals surface area contributed by atoms with Crippen LogP contribution in [0.2, 0.25) is 0 Å². The van der Waals surface area contributed by atoms with Crippen molar-refractivity contribution < 1.29 is 19.4 Å². The van der Waals surface area contributed by atoms with Crippen molar-refractivity contribution in [1.29, 1.82) is 0 Å². The lowest BCUT2D eigenvalue weighted by atomic mass is 10.1. The van der Waals surface area contributed by atoms with Gasteiger partial charge >= 0.3 is 12.1 Å². The molecule has 1 heterocycles. The zero-order valence-electron chi connectivity index (χ0n) is 13.3. The Morgan fingerprint density at radius 1 is 1.35 bits per heavy atom. The lowest BCUT2D eigenvalue weighted by Gasteiger charge is -2.24. The van der Waals surface area contributed by atoms with Crippen molar-refractivity contribution in [2.45, 2.75) is 19.6 Å². The number of nitrogens with zero attached hydrogens (tertiary/aromatic N) is 3. The van der Waals surface area contributed by atoms with Crippen LogP contribution >= 0.6 is 0 Å². The van der Waals surface area contributed by atoms with Crippen LogP contribution in [0.25, 0.3) is 0 Å². The number of benzene rings is 1. The van der Waals surface area contributed by atoms with Gasteiger partial charge in [-0.1, -0.05) is 30.3 Å². The molecule has 0 radical (unpaired) electrons. The van der Waals surface area contributed by atoms with Gasteiger partial charge < -0.3 is 9.84 Å². The van der Waals surface area contributed by atoms with Crippen molar-refractivity contribution in [2.24, 2.45) is 7.05 Å². The van der Waals surface area contributed by atoms with Crippen molar-refractivity contribution in [1.82, 2.24) is 14.7 Å². The van der Waals surface area contributed by atoms with Crippen molar-refractivity contribution >= 4 is 12.1 Å². The Hall–Kier alpha value is -2.83. The Kier molecular flexibility index (Phi) is 5.00. The Bertz CT molecular complexity index is 697. The van der Waals surface area contributed by atoms with E-state index in [4.69, 9.17) is 4.74 Å². The molecule has 1 aromatic carbocycles. The standard InChI is InChI=1S/C16H19N3O4/c1-11-13(9-17-19(11)3)14(15(20)21)18(2)16(22)23-10-12-7-5-4-6-8-12/h4-9,14H,10H2,1-3H3,(H,20,21). The summed E-state index contributed by atoms with van der Waals surface area (Å²) in [5.41, 5.74) is 1.97. The molecule has 0 aliphatic heterocycles. The fourth-order valence-corrected chi connectivity index (χ4v) is 2.22. The second kappa shape index (κ2) is 6.95. The molecular weight excluding hydrogens is 298 g/mol. The highest BCUT2D eigenvalue weighted by Crippen LogP contribution is 2.23. The van der Waals surface area contributed by atoms with Gasteiger partial charge in [0, 0.05) is 25.4 Å². The van der Waals surface area contributed by atoms with E-state index in [2.05, 4.69) is 5.10 Å². The molecule has 0 aliphatic rings. The van der Waals surface area contributed by atoms with Gasteiger partial charge in [0.05, 0.1) is 6.20 Å². The molecule has 23 heavy (non-hydrogen) atoms. The molecule has 1 amide bonds. The molecule has 0 saturated carbocycles. The van der Waals surface area contributed by atoms with Crippen molar-refractivity contribution in [3.05, 3.63) is 53.3 Å². The molecular formula is C16H19N3O4. The Morgan fingerprint density at radius 3 is 2.52 bits per heavy atom. The monoisotopic (exact) mass is 317 g/mol. The normalized spacial score (nSPS) is 11.8. The summed E-state index contributed by atoms with van der Waals surface area (Å²) in [5.74, 6) is -1.14. The van der Waals surface area contributed by atoms with Crippen molar-refractivity contribution in [3.8, 4) is 0 Å². The molecule has 7 heteroatoms. The zero-order chi connectivity index (χ0) is 17.0. The van der Waals surface area contributed by atoms with Gasteiger partial charge in [-0.25, -0.2) is 9.59 Å². The number of aryl methyl sites for hydroxylation is 1. The molecule has 7 nitrogen and oxygen atoms in total. The molecule has 1 N–H and O–H groups in total. The van der Waals surface area contributed by atoms with Gasteiger partial charge in [0.2, 0.25) is 0 Å². The average Bonchev–Trinajstić information content (AvgIpc) is 2.86. The second-order valence-electron chi connectivity index (χ2n) is 5.20. The van der Waals surface area contributed by atoms with E-state index in [0.29, 0.717) is 11.3 Å². The molecule has 1 unspecified atom stereocenters. The topological polar surface area (TPSA) is 84.7 Å². The number of rotatable bonds is 5. The third-order valence-electron chi connectivity index (χ3n) is 3.68. The van der Waals surface area contributed by atoms with Crippen LogP contribution in [0.5, 0.6) is 0 Å². The minimum Gasteiger partial charge on any atom is -0.479 e. The minimum absolute atomic E-state index is 0.0857. The van der Waals surface area contributed by atoms with Gasteiger partial charge in [0.1, 0.15) is 6.61 Å². The van der Waals surface area contributed by atoms with Gasteiger partial charge in [-0.15, -0.1) is 0 Å². The SMILES string of the molecule is Cc1c(C(C(=O)O)N(C)C(=O)OCc2ccccc2)cnn1C. The summed E-state index contributed by atoms with van der Waals surface area (Å²) in [5, 5.41) is 13.5. The van der Waals surface area contributed by atoms with E-state index in [1.165, 1.54) is 13.2 Å². The summed E-state index contributed by atoms with van der Waals surface area (Å²) in [7, 11) is 3.12. The Morgan fingerprint density at radius 2 is 2.00 bits per heavy atom. The van der Waals surface area contributed by atoms with Gasteiger partial charge in [-0.2, -0.15) is 5.10 Å². The minimum atomic E-state index is -1.15. The predicted octanol–water partition coefficient (Wildman–Crippen LogP) is 2.12. The molecule has 0 saturated heterocycles. The maximum Gasteiger partial charge on any atom is 0.410 e. The first-order chi connectivity index (χ1) is 10.9. The fraction of sp³-hybridized carbons (Fsp3) is 0.312. The maximum atomic E-state index is 12.2. The summed E-state index contributed by atoms with van der Waals surface area (Å²) >= 11 is 0. The van der Waals surface area contributed by atoms with E-state index >= 15 is 0 Å². The highest BCUT2D eigenvalue weighted by atomic mass is 16.6. The first-order valence-corrected chi connectivity index (χ1v) is 7.06. The molecule has 2 aromatic rings. The summed E-state index contributed by atoms with van der Waals surface area (Å²) < 4.78 is 6.75. The molecule has 0 aliphatic carbocycles. The molecule has 1 atom stereocenters. The van der Waals surface area contributed by atoms with Gasteiger partial charge in [-0.3, -0.25) is 9.58 Å². The lowest BCUT2D eigenvalue weighted by molar-refractivity contribution is -0.142. The number of aliphatic carboxylic acids is 1. The predicted molar refractivity (Wildman–Crippen MR) is 82.7 cm³/mol. The van der Waals surface area contributed by atoms with E-state index in [-0.39, 0.29) is 6.61 Å². The molecule has 122 valence electrons. The molecule has 2 rings (SSSR count). The smallest absolute Gasteiger partial charge is 0.410 e. The van der Waals surface area contributed by atoms with E-state index in [9.17, 15) is 14.7 Å². The van der Waals surface area contributed by atoms with Crippen molar-refractivity contribution in [2.75, 3.05) is 7.05 Å². The van der Waals surface area contributed by atoms with Crippen LogP contribution in [0.3, 0.4) is 0 Å². The second-order valence-corrected chi connectivity index (χ2v) is 5.20. The van der Waals surface area contributed by atoms with Gasteiger partial charge in [0.15, 0.2) is 6.04 Å². The number of hydrogen-bond donors (Lipinski definition) is 1. The van der Waals surface area contributed by atoms with Gasteiger partial charge in [-0.05, 0) is 12.5 Å². The first-order valence-electron chi connectivity index (χ1n) is 7.06. The number of ether oxygens (including phenoxy) is 1. The van der Waals surface area contributed by atoms with E-state index in [0.717, 1.165) is 10.5 Å². The van der Waals surface area contributed by atoms with Crippen molar-refractivity contribution in [3.63, 3.8) is 0 Å². The third kappa shape index (κ3) is 3.68. The van der Waals surface area contributed by atoms with Crippen LogP contribution in [0.4, 0.5) is 4.79 Å². The number of carboxylic acids is 1. The number of aromatic nitrogens is 2. The van der Waals surface area contributed by atoms with Crippen LogP contribution in [0, 0.1) is 6.92 Å². The summed E-state index contributed by atoms with van der Waals surface area (Å²) in [6.07, 6.45) is 0.749. The molecule has 0 bridgehead atoms. The summed E-state index contributed by atoms with van der Waals surface area (Å²) in [6.45, 7) is 1.84. The highest BCUT2D eigenvalue weighted by Gasteiger charge is 2.32. The van der Waals surface area contributed by atoms with E-state index in [1.54, 1.807) is 18.7 Å². The largest absolute Gasteiger partial charge is 0.479 e. The number of carbonyl (C=O) groups is 2. The van der Waals surface area contributed by atoms with Crippen LogP contribution < -0.4 is 0 Å². The number of amides is 1. The maximum absolute atomic E-state index is 12.2. The molecule has 0 spiro atoms. The first kappa shape index (κ1) is 16.5. The average molecular weight is 317 g/mol. The lowest BCUT2D eigenvalue weighted by Crippen LogP contribution is -2.36. The van der Waals surface area contributed by atoms with Crippen LogP contribution in [-0.4, -0.2) is 38.9 Å². The summed E-state index contributed by atoms with van der Waals surface area (Å²) in [4.78, 5) is 24.8. The molecule has 1 aromatic heterocycles. The number of carbonyl (C=O) groups excluding carboxylic acids is 1. The number of likely N-dealkylation sites (N-methyl/N-ethyl adjacent to an activating group) is 1. The van der Waals surface area contributed by atoms with Crippen LogP contribution in [0.15, 0.2) is 36.5 Å². The molecule has 0 fully saturated rings. The number of carboxylic acid groups (broad SMARTS) is 1. The number of hydrogen-bond acceptors (Lipinski definition) is 4. The Balaban J connectivity index is 2.11. The van der Waals surface area contributed by atoms with Gasteiger partial charge in [0.25, 0.3) is 0 Å². The Labute approximate surface area is 134 Å². The highest BCUT2D eigenvalue weighted by molar-refractivity contribution is 5.81. The van der Waals surface area contributed by atoms with Crippen LogP contribution in [0.1, 0.15) is 22.9 Å². The quantitative estimate of drug-likeness (QED) is 0.913. The zero-order valence-corrected chi connectivity index (χ0v) is 13.3. The third-order valence-corrected chi connectivity index (χ3v) is 3.68. The van der Waals surface area contributed by atoms with Crippen LogP contribution in [-0.2, 0) is 23.2 Å². The fourth-order valence-electron chi connectivity index (χ4n) is 2.22. The summed E-state index contributed by atoms with van der Waals surface area (Å²) in [6, 6.07) is 8.05. The van der Waals surface area contributed by atoms with E-state index < -0.39 is 18.1 Å².